The van der Waals surface area contributed by atoms with Crippen molar-refractivity contribution in [3.63, 3.8) is 0 Å². The molecule has 1 amide bonds. The summed E-state index contributed by atoms with van der Waals surface area (Å²) in [7, 11) is 0. The van der Waals surface area contributed by atoms with Crippen molar-refractivity contribution < 1.29 is 19.6 Å². The second-order valence-corrected chi connectivity index (χ2v) is 6.09. The van der Waals surface area contributed by atoms with E-state index in [0.29, 0.717) is 6.54 Å². The smallest absolute Gasteiger partial charge is 0.308 e. The standard InChI is InChI=1S/C13H18N4O5/c1-8-5-15(7-10(8)11(18)19)12(20)13(2,3)16-6-9(4-14-16)17(21)22/h4,6,8,10H,5,7H2,1-3H3,(H,18,19)/t8-,10-/m1/s1. The van der Waals surface area contributed by atoms with Crippen molar-refractivity contribution in [2.24, 2.45) is 11.8 Å². The molecule has 1 aromatic heterocycles. The molecule has 2 atom stereocenters. The molecule has 1 N–H and O–H groups in total. The Bertz CT molecular complexity index is 624. The fourth-order valence-corrected chi connectivity index (χ4v) is 2.65. The predicted octanol–water partition coefficient (Wildman–Crippen LogP) is 0.706. The molecule has 0 spiro atoms. The van der Waals surface area contributed by atoms with Crippen LogP contribution in [-0.4, -0.2) is 49.7 Å². The third-order valence-electron chi connectivity index (χ3n) is 4.09. The lowest BCUT2D eigenvalue weighted by Crippen LogP contribution is -2.46. The second kappa shape index (κ2) is 5.39. The molecule has 22 heavy (non-hydrogen) atoms. The van der Waals surface area contributed by atoms with E-state index < -0.39 is 22.3 Å². The number of nitro groups is 1. The van der Waals surface area contributed by atoms with E-state index in [2.05, 4.69) is 5.10 Å². The van der Waals surface area contributed by atoms with Gasteiger partial charge in [0.25, 0.3) is 0 Å². The number of carbonyl (C=O) groups excluding carboxylic acids is 1. The van der Waals surface area contributed by atoms with Crippen LogP contribution in [0.4, 0.5) is 5.69 Å². The van der Waals surface area contributed by atoms with Crippen LogP contribution >= 0.6 is 0 Å². The van der Waals surface area contributed by atoms with Crippen LogP contribution in [0, 0.1) is 22.0 Å². The number of hydrogen-bond donors (Lipinski definition) is 1. The van der Waals surface area contributed by atoms with E-state index in [1.54, 1.807) is 20.8 Å². The molecule has 0 radical (unpaired) electrons. The van der Waals surface area contributed by atoms with Gasteiger partial charge in [0.1, 0.15) is 17.9 Å². The maximum absolute atomic E-state index is 12.7. The van der Waals surface area contributed by atoms with E-state index in [0.717, 1.165) is 6.20 Å². The zero-order valence-corrected chi connectivity index (χ0v) is 12.6. The van der Waals surface area contributed by atoms with Gasteiger partial charge in [-0.1, -0.05) is 6.92 Å². The van der Waals surface area contributed by atoms with E-state index in [1.807, 2.05) is 0 Å². The molecule has 0 aliphatic carbocycles. The van der Waals surface area contributed by atoms with Crippen molar-refractivity contribution in [3.8, 4) is 0 Å². The molecule has 1 aliphatic rings. The maximum atomic E-state index is 12.7. The van der Waals surface area contributed by atoms with E-state index in [-0.39, 0.29) is 24.1 Å². The third kappa shape index (κ3) is 2.66. The number of aromatic nitrogens is 2. The summed E-state index contributed by atoms with van der Waals surface area (Å²) in [5, 5.41) is 23.7. The van der Waals surface area contributed by atoms with Gasteiger partial charge in [-0.25, -0.2) is 0 Å². The summed E-state index contributed by atoms with van der Waals surface area (Å²) in [6, 6.07) is 0. The first-order valence-electron chi connectivity index (χ1n) is 6.86. The molecule has 1 aromatic rings. The number of carbonyl (C=O) groups is 2. The van der Waals surface area contributed by atoms with Crippen molar-refractivity contribution in [1.82, 2.24) is 14.7 Å². The number of rotatable bonds is 4. The Balaban J connectivity index is 2.20. The molecular weight excluding hydrogens is 292 g/mol. The molecule has 120 valence electrons. The summed E-state index contributed by atoms with van der Waals surface area (Å²) in [5.74, 6) is -1.95. The predicted molar refractivity (Wildman–Crippen MR) is 75.1 cm³/mol. The molecule has 0 saturated carbocycles. The highest BCUT2D eigenvalue weighted by molar-refractivity contribution is 5.85. The number of carboxylic acids is 1. The van der Waals surface area contributed by atoms with Crippen LogP contribution in [0.25, 0.3) is 0 Å². The number of nitrogens with zero attached hydrogens (tertiary/aromatic N) is 4. The highest BCUT2D eigenvalue weighted by Gasteiger charge is 2.43. The van der Waals surface area contributed by atoms with Gasteiger partial charge >= 0.3 is 11.7 Å². The van der Waals surface area contributed by atoms with Gasteiger partial charge in [-0.2, -0.15) is 5.10 Å². The van der Waals surface area contributed by atoms with Crippen LogP contribution in [0.15, 0.2) is 12.4 Å². The van der Waals surface area contributed by atoms with Gasteiger partial charge in [-0.05, 0) is 19.8 Å². The lowest BCUT2D eigenvalue weighted by Gasteiger charge is -2.29. The Morgan fingerprint density at radius 2 is 2.09 bits per heavy atom. The van der Waals surface area contributed by atoms with Crippen molar-refractivity contribution in [2.75, 3.05) is 13.1 Å². The van der Waals surface area contributed by atoms with Gasteiger partial charge in [0.2, 0.25) is 5.91 Å². The molecule has 1 aliphatic heterocycles. The summed E-state index contributed by atoms with van der Waals surface area (Å²) >= 11 is 0. The first-order valence-corrected chi connectivity index (χ1v) is 6.86. The molecule has 0 aromatic carbocycles. The summed E-state index contributed by atoms with van der Waals surface area (Å²) in [4.78, 5) is 35.4. The Hall–Kier alpha value is -2.45. The van der Waals surface area contributed by atoms with E-state index in [1.165, 1.54) is 15.8 Å². The zero-order chi connectivity index (χ0) is 16.7. The molecule has 0 unspecified atom stereocenters. The second-order valence-electron chi connectivity index (χ2n) is 6.09. The van der Waals surface area contributed by atoms with Gasteiger partial charge in [-0.3, -0.25) is 24.4 Å². The molecule has 1 saturated heterocycles. The average Bonchev–Trinajstić information content (AvgIpc) is 3.04. The molecule has 0 bridgehead atoms. The normalized spacial score (nSPS) is 21.9. The largest absolute Gasteiger partial charge is 0.481 e. The van der Waals surface area contributed by atoms with E-state index in [9.17, 15) is 19.7 Å². The Labute approximate surface area is 126 Å². The van der Waals surface area contributed by atoms with Crippen LogP contribution in [0.2, 0.25) is 0 Å². The SMILES string of the molecule is C[C@@H]1CN(C(=O)C(C)(C)n2cc([N+](=O)[O-])cn2)C[C@H]1C(=O)O. The van der Waals surface area contributed by atoms with Crippen LogP contribution in [0.3, 0.4) is 0 Å². The van der Waals surface area contributed by atoms with Crippen molar-refractivity contribution in [2.45, 2.75) is 26.3 Å². The maximum Gasteiger partial charge on any atom is 0.308 e. The summed E-state index contributed by atoms with van der Waals surface area (Å²) in [5.41, 5.74) is -1.32. The van der Waals surface area contributed by atoms with Crippen molar-refractivity contribution in [3.05, 3.63) is 22.5 Å². The zero-order valence-electron chi connectivity index (χ0n) is 12.6. The van der Waals surface area contributed by atoms with Gasteiger partial charge in [0.15, 0.2) is 0 Å². The topological polar surface area (TPSA) is 119 Å². The van der Waals surface area contributed by atoms with Crippen LogP contribution in [0.1, 0.15) is 20.8 Å². The molecule has 1 fully saturated rings. The molecule has 2 heterocycles. The van der Waals surface area contributed by atoms with E-state index in [4.69, 9.17) is 5.11 Å². The third-order valence-corrected chi connectivity index (χ3v) is 4.09. The first kappa shape index (κ1) is 15.9. The first-order chi connectivity index (χ1) is 10.1. The number of likely N-dealkylation sites (tertiary alicyclic amines) is 1. The minimum Gasteiger partial charge on any atom is -0.481 e. The molecule has 2 rings (SSSR count). The Morgan fingerprint density at radius 3 is 2.55 bits per heavy atom. The Kier molecular flexibility index (Phi) is 3.90. The van der Waals surface area contributed by atoms with Gasteiger partial charge < -0.3 is 10.0 Å². The quantitative estimate of drug-likeness (QED) is 0.646. The van der Waals surface area contributed by atoms with Crippen LogP contribution in [0.5, 0.6) is 0 Å². The summed E-state index contributed by atoms with van der Waals surface area (Å²) in [6.45, 7) is 5.48. The summed E-state index contributed by atoms with van der Waals surface area (Å²) < 4.78 is 1.24. The fourth-order valence-electron chi connectivity index (χ4n) is 2.65. The fraction of sp³-hybridized carbons (Fsp3) is 0.615. The van der Waals surface area contributed by atoms with Crippen LogP contribution in [-0.2, 0) is 15.1 Å². The number of amides is 1. The van der Waals surface area contributed by atoms with Gasteiger partial charge in [0.05, 0.1) is 10.8 Å². The highest BCUT2D eigenvalue weighted by Crippen LogP contribution is 2.28. The highest BCUT2D eigenvalue weighted by atomic mass is 16.6. The molecule has 9 heteroatoms. The lowest BCUT2D eigenvalue weighted by molar-refractivity contribution is -0.385. The number of carboxylic acid groups (broad SMARTS) is 1. The van der Waals surface area contributed by atoms with Crippen molar-refractivity contribution >= 4 is 17.6 Å². The molecular formula is C13H18N4O5. The molecule has 9 nitrogen and oxygen atoms in total. The van der Waals surface area contributed by atoms with Crippen LogP contribution < -0.4 is 0 Å². The average molecular weight is 310 g/mol. The van der Waals surface area contributed by atoms with E-state index >= 15 is 0 Å². The Morgan fingerprint density at radius 1 is 1.45 bits per heavy atom. The minimum atomic E-state index is -1.12. The van der Waals surface area contributed by atoms with Gasteiger partial charge in [-0.15, -0.1) is 0 Å². The monoisotopic (exact) mass is 310 g/mol. The number of aliphatic carboxylic acids is 1. The van der Waals surface area contributed by atoms with Crippen molar-refractivity contribution in [1.29, 1.82) is 0 Å². The van der Waals surface area contributed by atoms with Gasteiger partial charge in [0, 0.05) is 13.1 Å². The number of hydrogen-bond acceptors (Lipinski definition) is 5. The summed E-state index contributed by atoms with van der Waals surface area (Å²) in [6.07, 6.45) is 2.29. The lowest BCUT2D eigenvalue weighted by atomic mass is 9.99. The minimum absolute atomic E-state index is 0.135.